The minimum absolute atomic E-state index is 0.0824. The molecule has 0 aromatic heterocycles. The summed E-state index contributed by atoms with van der Waals surface area (Å²) >= 11 is 12.3. The van der Waals surface area contributed by atoms with Crippen LogP contribution in [0.5, 0.6) is 5.75 Å². The standard InChI is InChI=1S/C23H15Cl2NO4/c24-18-6-1-4-16(14-18)22(17-5-2-7-19(25)15-17)8-3-9-23(27)30-21-12-10-20(11-13-21)26(28)29/h1-15H. The van der Waals surface area contributed by atoms with E-state index in [1.165, 1.54) is 30.3 Å². The third kappa shape index (κ3) is 5.80. The fourth-order valence-electron chi connectivity index (χ4n) is 2.68. The molecule has 3 rings (SSSR count). The van der Waals surface area contributed by atoms with Crippen molar-refractivity contribution in [3.63, 3.8) is 0 Å². The lowest BCUT2D eigenvalue weighted by atomic mass is 9.97. The Kier molecular flexibility index (Phi) is 7.01. The Bertz CT molecular complexity index is 1090. The number of nitro benzene ring substituents is 1. The molecule has 0 bridgehead atoms. The van der Waals surface area contributed by atoms with Gasteiger partial charge in [0.25, 0.3) is 5.69 Å². The highest BCUT2D eigenvalue weighted by Crippen LogP contribution is 2.27. The zero-order valence-electron chi connectivity index (χ0n) is 15.5. The van der Waals surface area contributed by atoms with Crippen molar-refractivity contribution in [2.75, 3.05) is 0 Å². The maximum Gasteiger partial charge on any atom is 0.336 e. The summed E-state index contributed by atoms with van der Waals surface area (Å²) in [5.74, 6) is -0.402. The first-order valence-corrected chi connectivity index (χ1v) is 9.54. The van der Waals surface area contributed by atoms with E-state index in [1.54, 1.807) is 24.3 Å². The number of carbonyl (C=O) groups is 1. The van der Waals surface area contributed by atoms with Crippen LogP contribution in [0.3, 0.4) is 0 Å². The molecule has 30 heavy (non-hydrogen) atoms. The van der Waals surface area contributed by atoms with Crippen LogP contribution in [0.4, 0.5) is 5.69 Å². The molecular formula is C23H15Cl2NO4. The number of esters is 1. The number of allylic oxidation sites excluding steroid dienone is 2. The zero-order chi connectivity index (χ0) is 21.5. The van der Waals surface area contributed by atoms with E-state index in [2.05, 4.69) is 0 Å². The molecule has 0 atom stereocenters. The van der Waals surface area contributed by atoms with Crippen molar-refractivity contribution in [2.45, 2.75) is 0 Å². The molecule has 3 aromatic carbocycles. The van der Waals surface area contributed by atoms with Gasteiger partial charge in [0.2, 0.25) is 0 Å². The first kappa shape index (κ1) is 21.3. The van der Waals surface area contributed by atoms with Gasteiger partial charge in [-0.3, -0.25) is 10.1 Å². The van der Waals surface area contributed by atoms with E-state index >= 15 is 0 Å². The predicted molar refractivity (Wildman–Crippen MR) is 118 cm³/mol. The number of nitro groups is 1. The van der Waals surface area contributed by atoms with Gasteiger partial charge in [-0.1, -0.05) is 59.6 Å². The van der Waals surface area contributed by atoms with Gasteiger partial charge in [0, 0.05) is 28.3 Å². The lowest BCUT2D eigenvalue weighted by Gasteiger charge is -2.09. The van der Waals surface area contributed by atoms with Crippen LogP contribution in [0.2, 0.25) is 10.0 Å². The molecule has 0 unspecified atom stereocenters. The molecule has 3 aromatic rings. The summed E-state index contributed by atoms with van der Waals surface area (Å²) in [6.45, 7) is 0. The van der Waals surface area contributed by atoms with Crippen LogP contribution >= 0.6 is 23.2 Å². The Labute approximate surface area is 183 Å². The number of ether oxygens (including phenoxy) is 1. The molecule has 0 amide bonds. The van der Waals surface area contributed by atoms with E-state index in [4.69, 9.17) is 27.9 Å². The number of hydrogen-bond donors (Lipinski definition) is 0. The van der Waals surface area contributed by atoms with Gasteiger partial charge in [-0.15, -0.1) is 0 Å². The second-order valence-corrected chi connectivity index (χ2v) is 7.01. The molecule has 0 heterocycles. The molecular weight excluding hydrogens is 425 g/mol. The average molecular weight is 440 g/mol. The van der Waals surface area contributed by atoms with Gasteiger partial charge in [-0.2, -0.15) is 0 Å². The summed E-state index contributed by atoms with van der Waals surface area (Å²) in [5.41, 5.74) is 2.46. The molecule has 0 spiro atoms. The number of halogens is 2. The van der Waals surface area contributed by atoms with Gasteiger partial charge in [0.15, 0.2) is 0 Å². The summed E-state index contributed by atoms with van der Waals surface area (Å²) in [6, 6.07) is 19.9. The van der Waals surface area contributed by atoms with Crippen LogP contribution < -0.4 is 4.74 Å². The molecule has 0 N–H and O–H groups in total. The molecule has 150 valence electrons. The smallest absolute Gasteiger partial charge is 0.336 e. The van der Waals surface area contributed by atoms with Crippen LogP contribution in [0.25, 0.3) is 5.57 Å². The van der Waals surface area contributed by atoms with Gasteiger partial charge in [-0.25, -0.2) is 4.79 Å². The van der Waals surface area contributed by atoms with Crippen molar-refractivity contribution in [3.8, 4) is 5.75 Å². The quantitative estimate of drug-likeness (QED) is 0.110. The van der Waals surface area contributed by atoms with E-state index in [-0.39, 0.29) is 11.4 Å². The Morgan fingerprint density at radius 1 is 0.900 bits per heavy atom. The molecule has 0 aliphatic carbocycles. The zero-order valence-corrected chi connectivity index (χ0v) is 17.0. The third-order valence-electron chi connectivity index (χ3n) is 4.03. The van der Waals surface area contributed by atoms with Gasteiger partial charge in [0.1, 0.15) is 5.75 Å². The van der Waals surface area contributed by atoms with Crippen LogP contribution in [0.15, 0.2) is 91.0 Å². The highest BCUT2D eigenvalue weighted by Gasteiger charge is 2.08. The second kappa shape index (κ2) is 9.87. The molecule has 0 saturated heterocycles. The summed E-state index contributed by atoms with van der Waals surface area (Å²) in [6.07, 6.45) is 4.58. The van der Waals surface area contributed by atoms with Crippen LogP contribution in [-0.4, -0.2) is 10.9 Å². The van der Waals surface area contributed by atoms with Gasteiger partial charge >= 0.3 is 5.97 Å². The summed E-state index contributed by atoms with van der Waals surface area (Å²) in [7, 11) is 0. The Balaban J connectivity index is 1.81. The van der Waals surface area contributed by atoms with E-state index < -0.39 is 10.9 Å². The Hall–Kier alpha value is -3.41. The fourth-order valence-corrected chi connectivity index (χ4v) is 3.06. The van der Waals surface area contributed by atoms with Gasteiger partial charge < -0.3 is 4.74 Å². The Morgan fingerprint density at radius 3 is 1.97 bits per heavy atom. The SMILES string of the molecule is O=C(C=CC=C(c1cccc(Cl)c1)c1cccc(Cl)c1)Oc1ccc([N+](=O)[O-])cc1. The summed E-state index contributed by atoms with van der Waals surface area (Å²) in [5, 5.41) is 11.8. The molecule has 5 nitrogen and oxygen atoms in total. The first-order valence-electron chi connectivity index (χ1n) is 8.79. The topological polar surface area (TPSA) is 69.4 Å². The van der Waals surface area contributed by atoms with Crippen molar-refractivity contribution in [2.24, 2.45) is 0 Å². The summed E-state index contributed by atoms with van der Waals surface area (Å²) < 4.78 is 5.16. The summed E-state index contributed by atoms with van der Waals surface area (Å²) in [4.78, 5) is 22.2. The minimum atomic E-state index is -0.614. The van der Waals surface area contributed by atoms with E-state index in [0.717, 1.165) is 16.7 Å². The number of carbonyl (C=O) groups excluding carboxylic acids is 1. The average Bonchev–Trinajstić information content (AvgIpc) is 2.71. The van der Waals surface area contributed by atoms with Crippen molar-refractivity contribution >= 4 is 40.4 Å². The fraction of sp³-hybridized carbons (Fsp3) is 0. The normalized spacial score (nSPS) is 10.6. The molecule has 0 saturated carbocycles. The number of hydrogen-bond acceptors (Lipinski definition) is 4. The number of rotatable bonds is 6. The second-order valence-electron chi connectivity index (χ2n) is 6.13. The molecule has 0 aliphatic rings. The lowest BCUT2D eigenvalue weighted by Crippen LogP contribution is -2.03. The molecule has 0 fully saturated rings. The number of non-ortho nitro benzene ring substituents is 1. The monoisotopic (exact) mass is 439 g/mol. The van der Waals surface area contributed by atoms with Crippen LogP contribution in [-0.2, 0) is 4.79 Å². The largest absolute Gasteiger partial charge is 0.423 e. The van der Waals surface area contributed by atoms with Crippen molar-refractivity contribution < 1.29 is 14.5 Å². The van der Waals surface area contributed by atoms with Crippen LogP contribution in [0.1, 0.15) is 11.1 Å². The number of nitrogens with zero attached hydrogens (tertiary/aromatic N) is 1. The third-order valence-corrected chi connectivity index (χ3v) is 4.50. The molecule has 7 heteroatoms. The van der Waals surface area contributed by atoms with E-state index in [9.17, 15) is 14.9 Å². The van der Waals surface area contributed by atoms with Gasteiger partial charge in [-0.05, 0) is 53.1 Å². The van der Waals surface area contributed by atoms with E-state index in [0.29, 0.717) is 10.0 Å². The van der Waals surface area contributed by atoms with E-state index in [1.807, 2.05) is 36.4 Å². The van der Waals surface area contributed by atoms with Crippen LogP contribution in [0, 0.1) is 10.1 Å². The lowest BCUT2D eigenvalue weighted by molar-refractivity contribution is -0.384. The minimum Gasteiger partial charge on any atom is -0.423 e. The highest BCUT2D eigenvalue weighted by molar-refractivity contribution is 6.31. The number of benzene rings is 3. The predicted octanol–water partition coefficient (Wildman–Crippen LogP) is 6.50. The maximum absolute atomic E-state index is 12.1. The Morgan fingerprint density at radius 2 is 1.47 bits per heavy atom. The maximum atomic E-state index is 12.1. The highest BCUT2D eigenvalue weighted by atomic mass is 35.5. The van der Waals surface area contributed by atoms with Crippen molar-refractivity contribution in [1.29, 1.82) is 0 Å². The van der Waals surface area contributed by atoms with Crippen molar-refractivity contribution in [1.82, 2.24) is 0 Å². The van der Waals surface area contributed by atoms with Gasteiger partial charge in [0.05, 0.1) is 4.92 Å². The molecule has 0 radical (unpaired) electrons. The molecule has 0 aliphatic heterocycles. The first-order chi connectivity index (χ1) is 14.4. The van der Waals surface area contributed by atoms with Crippen molar-refractivity contribution in [3.05, 3.63) is 122 Å².